The Labute approximate surface area is 88.9 Å². The topological polar surface area (TPSA) is 92.4 Å². The first-order valence-corrected chi connectivity index (χ1v) is 4.18. The van der Waals surface area contributed by atoms with E-state index in [0.29, 0.717) is 12.1 Å². The largest absolute Gasteiger partial charge is 0.478 e. The van der Waals surface area contributed by atoms with Crippen LogP contribution in [0.3, 0.4) is 0 Å². The van der Waals surface area contributed by atoms with Crippen LogP contribution in [0.25, 0.3) is 0 Å². The summed E-state index contributed by atoms with van der Waals surface area (Å²) >= 11 is 0. The summed E-state index contributed by atoms with van der Waals surface area (Å²) in [6, 6.07) is 1.08. The molecule has 0 aliphatic heterocycles. The molecule has 0 bridgehead atoms. The van der Waals surface area contributed by atoms with Crippen molar-refractivity contribution in [1.29, 1.82) is 0 Å². The van der Waals surface area contributed by atoms with Gasteiger partial charge < -0.3 is 16.2 Å². The van der Waals surface area contributed by atoms with Crippen molar-refractivity contribution in [2.45, 2.75) is 0 Å². The molecule has 0 spiro atoms. The minimum absolute atomic E-state index is 0.332. The van der Waals surface area contributed by atoms with Gasteiger partial charge in [0.1, 0.15) is 0 Å². The molecule has 0 unspecified atom stereocenters. The Hall–Kier alpha value is -2.02. The molecule has 7 heteroatoms. The highest BCUT2D eigenvalue weighted by atomic mass is 19.2. The molecule has 1 aromatic carbocycles. The monoisotopic (exact) mass is 230 g/mol. The van der Waals surface area contributed by atoms with E-state index in [1.54, 1.807) is 0 Å². The number of benzene rings is 1. The van der Waals surface area contributed by atoms with Crippen molar-refractivity contribution in [3.05, 3.63) is 29.3 Å². The number of rotatable bonds is 3. The highest BCUT2D eigenvalue weighted by Crippen LogP contribution is 2.20. The number of anilines is 1. The number of nitrogens with one attached hydrogen (secondary N) is 1. The van der Waals surface area contributed by atoms with Crippen molar-refractivity contribution in [3.63, 3.8) is 0 Å². The van der Waals surface area contributed by atoms with Crippen molar-refractivity contribution in [3.8, 4) is 0 Å². The van der Waals surface area contributed by atoms with E-state index >= 15 is 0 Å². The molecule has 0 atom stereocenters. The zero-order chi connectivity index (χ0) is 12.3. The van der Waals surface area contributed by atoms with E-state index in [4.69, 9.17) is 10.8 Å². The molecule has 0 saturated carbocycles. The maximum atomic E-state index is 12.8. The molecule has 1 rings (SSSR count). The molecule has 86 valence electrons. The van der Waals surface area contributed by atoms with Crippen molar-refractivity contribution in [2.75, 3.05) is 11.9 Å². The lowest BCUT2D eigenvalue weighted by Crippen LogP contribution is -2.23. The first-order chi connectivity index (χ1) is 7.45. The molecule has 16 heavy (non-hydrogen) atoms. The molecular formula is C9H8F2N2O3. The fourth-order valence-corrected chi connectivity index (χ4v) is 1.03. The zero-order valence-electron chi connectivity index (χ0n) is 7.96. The van der Waals surface area contributed by atoms with Crippen LogP contribution in [-0.2, 0) is 4.79 Å². The van der Waals surface area contributed by atoms with Gasteiger partial charge in [-0.15, -0.1) is 0 Å². The number of hydrogen-bond acceptors (Lipinski definition) is 3. The third-order valence-corrected chi connectivity index (χ3v) is 1.75. The van der Waals surface area contributed by atoms with E-state index in [0.717, 1.165) is 0 Å². The number of halogens is 2. The normalized spacial score (nSPS) is 9.94. The maximum absolute atomic E-state index is 12.8. The number of carboxylic acid groups (broad SMARTS) is 1. The summed E-state index contributed by atoms with van der Waals surface area (Å²) in [6.45, 7) is -0.391. The van der Waals surface area contributed by atoms with Gasteiger partial charge in [0.05, 0.1) is 17.8 Å². The molecule has 4 N–H and O–H groups in total. The van der Waals surface area contributed by atoms with Crippen LogP contribution in [0, 0.1) is 11.6 Å². The molecular weight excluding hydrogens is 222 g/mol. The standard InChI is InChI=1S/C9H8F2N2O3/c10-5-1-4(9(15)16)7(2-6(5)11)13-8(14)3-12/h1-2H,3,12H2,(H,13,14)(H,15,16). The van der Waals surface area contributed by atoms with E-state index in [-0.39, 0.29) is 5.69 Å². The Morgan fingerprint density at radius 3 is 2.38 bits per heavy atom. The molecule has 5 nitrogen and oxygen atoms in total. The van der Waals surface area contributed by atoms with Crippen molar-refractivity contribution < 1.29 is 23.5 Å². The number of carbonyl (C=O) groups is 2. The Bertz CT molecular complexity index is 449. The number of nitrogens with two attached hydrogens (primary N) is 1. The Kier molecular flexibility index (Phi) is 3.51. The molecule has 0 saturated heterocycles. The fraction of sp³-hybridized carbons (Fsp3) is 0.111. The average molecular weight is 230 g/mol. The van der Waals surface area contributed by atoms with E-state index in [1.165, 1.54) is 0 Å². The van der Waals surface area contributed by atoms with Crippen LogP contribution in [0.2, 0.25) is 0 Å². The maximum Gasteiger partial charge on any atom is 0.337 e. The van der Waals surface area contributed by atoms with Gasteiger partial charge in [-0.25, -0.2) is 13.6 Å². The number of aromatic carboxylic acids is 1. The van der Waals surface area contributed by atoms with Gasteiger partial charge >= 0.3 is 5.97 Å². The summed E-state index contributed by atoms with van der Waals surface area (Å²) < 4.78 is 25.6. The van der Waals surface area contributed by atoms with Gasteiger partial charge in [-0.3, -0.25) is 4.79 Å². The average Bonchev–Trinajstić information content (AvgIpc) is 2.22. The van der Waals surface area contributed by atoms with Crippen LogP contribution in [0.4, 0.5) is 14.5 Å². The SMILES string of the molecule is NCC(=O)Nc1cc(F)c(F)cc1C(=O)O. The summed E-state index contributed by atoms with van der Waals surface area (Å²) in [5.74, 6) is -4.74. The quantitative estimate of drug-likeness (QED) is 0.707. The minimum Gasteiger partial charge on any atom is -0.478 e. The van der Waals surface area contributed by atoms with Crippen LogP contribution in [-0.4, -0.2) is 23.5 Å². The molecule has 0 aliphatic carbocycles. The first-order valence-electron chi connectivity index (χ1n) is 4.18. The highest BCUT2D eigenvalue weighted by Gasteiger charge is 2.16. The van der Waals surface area contributed by atoms with Gasteiger partial charge in [-0.05, 0) is 6.07 Å². The molecule has 0 aliphatic rings. The molecule has 0 fully saturated rings. The van der Waals surface area contributed by atoms with Crippen LogP contribution in [0.5, 0.6) is 0 Å². The van der Waals surface area contributed by atoms with Gasteiger partial charge in [-0.1, -0.05) is 0 Å². The number of carboxylic acids is 1. The van der Waals surface area contributed by atoms with E-state index in [2.05, 4.69) is 5.32 Å². The zero-order valence-corrected chi connectivity index (χ0v) is 7.96. The van der Waals surface area contributed by atoms with Gasteiger partial charge in [0.2, 0.25) is 5.91 Å². The summed E-state index contributed by atoms with van der Waals surface area (Å²) in [5, 5.41) is 10.8. The van der Waals surface area contributed by atoms with Crippen molar-refractivity contribution >= 4 is 17.6 Å². The highest BCUT2D eigenvalue weighted by molar-refractivity contribution is 6.01. The summed E-state index contributed by atoms with van der Waals surface area (Å²) in [5.41, 5.74) is 4.11. The lowest BCUT2D eigenvalue weighted by molar-refractivity contribution is -0.114. The molecule has 0 heterocycles. The van der Waals surface area contributed by atoms with Crippen LogP contribution in [0.1, 0.15) is 10.4 Å². The van der Waals surface area contributed by atoms with E-state index < -0.39 is 35.6 Å². The molecule has 1 amide bonds. The first kappa shape index (κ1) is 12.1. The Balaban J connectivity index is 3.19. The van der Waals surface area contributed by atoms with E-state index in [1.807, 2.05) is 0 Å². The number of amides is 1. The van der Waals surface area contributed by atoms with E-state index in [9.17, 15) is 18.4 Å². The van der Waals surface area contributed by atoms with Gasteiger partial charge in [0.15, 0.2) is 11.6 Å². The predicted molar refractivity (Wildman–Crippen MR) is 51.0 cm³/mol. The minimum atomic E-state index is -1.48. The second-order valence-electron chi connectivity index (χ2n) is 2.87. The third kappa shape index (κ3) is 2.51. The Morgan fingerprint density at radius 2 is 1.88 bits per heavy atom. The summed E-state index contributed by atoms with van der Waals surface area (Å²) in [7, 11) is 0. The summed E-state index contributed by atoms with van der Waals surface area (Å²) in [4.78, 5) is 21.6. The molecule has 0 radical (unpaired) electrons. The van der Waals surface area contributed by atoms with Crippen LogP contribution < -0.4 is 11.1 Å². The lowest BCUT2D eigenvalue weighted by atomic mass is 10.1. The van der Waals surface area contributed by atoms with Crippen LogP contribution >= 0.6 is 0 Å². The smallest absolute Gasteiger partial charge is 0.337 e. The van der Waals surface area contributed by atoms with Gasteiger partial charge in [0.25, 0.3) is 0 Å². The van der Waals surface area contributed by atoms with Crippen LogP contribution in [0.15, 0.2) is 12.1 Å². The second kappa shape index (κ2) is 4.67. The predicted octanol–water partition coefficient (Wildman–Crippen LogP) is 0.560. The third-order valence-electron chi connectivity index (χ3n) is 1.75. The summed E-state index contributed by atoms with van der Waals surface area (Å²) in [6.07, 6.45) is 0. The lowest BCUT2D eigenvalue weighted by Gasteiger charge is -2.07. The molecule has 1 aromatic rings. The van der Waals surface area contributed by atoms with Gasteiger partial charge in [0, 0.05) is 6.07 Å². The number of hydrogen-bond donors (Lipinski definition) is 3. The van der Waals surface area contributed by atoms with Crippen molar-refractivity contribution in [2.24, 2.45) is 5.73 Å². The molecule has 0 aromatic heterocycles. The van der Waals surface area contributed by atoms with Crippen molar-refractivity contribution in [1.82, 2.24) is 0 Å². The number of carbonyl (C=O) groups excluding carboxylic acids is 1. The fourth-order valence-electron chi connectivity index (χ4n) is 1.03. The Morgan fingerprint density at radius 1 is 1.31 bits per heavy atom. The van der Waals surface area contributed by atoms with Gasteiger partial charge in [-0.2, -0.15) is 0 Å². The second-order valence-corrected chi connectivity index (χ2v) is 2.87.